The molecule has 160 valence electrons. The second-order valence-corrected chi connectivity index (χ2v) is 10.2. The van der Waals surface area contributed by atoms with E-state index in [0.717, 1.165) is 36.1 Å². The predicted molar refractivity (Wildman–Crippen MR) is 117 cm³/mol. The van der Waals surface area contributed by atoms with E-state index in [2.05, 4.69) is 24.4 Å². The summed E-state index contributed by atoms with van der Waals surface area (Å²) in [4.78, 5) is 15.2. The Labute approximate surface area is 179 Å². The van der Waals surface area contributed by atoms with Crippen molar-refractivity contribution >= 4 is 15.9 Å². The highest BCUT2D eigenvalue weighted by Gasteiger charge is 2.36. The third kappa shape index (κ3) is 3.96. The van der Waals surface area contributed by atoms with Crippen molar-refractivity contribution in [1.29, 1.82) is 0 Å². The Morgan fingerprint density at radius 1 is 1.13 bits per heavy atom. The molecule has 1 N–H and O–H groups in total. The summed E-state index contributed by atoms with van der Waals surface area (Å²) in [7, 11) is -1.47. The van der Waals surface area contributed by atoms with E-state index in [0.29, 0.717) is 24.5 Å². The smallest absolute Gasteiger partial charge is 0.249 e. The van der Waals surface area contributed by atoms with Crippen molar-refractivity contribution in [3.63, 3.8) is 0 Å². The van der Waals surface area contributed by atoms with Gasteiger partial charge >= 0.3 is 0 Å². The zero-order chi connectivity index (χ0) is 21.3. The van der Waals surface area contributed by atoms with Gasteiger partial charge in [0.15, 0.2) is 0 Å². The van der Waals surface area contributed by atoms with E-state index in [4.69, 9.17) is 0 Å². The Morgan fingerprint density at radius 3 is 2.53 bits per heavy atom. The van der Waals surface area contributed by atoms with Crippen LogP contribution in [0.4, 0.5) is 0 Å². The van der Waals surface area contributed by atoms with Gasteiger partial charge in [0.1, 0.15) is 0 Å². The number of nitrogens with zero attached hydrogens (tertiary/aromatic N) is 2. The first-order chi connectivity index (χ1) is 14.4. The maximum Gasteiger partial charge on any atom is 0.249 e. The van der Waals surface area contributed by atoms with Crippen LogP contribution in [0.1, 0.15) is 31.7 Å². The third-order valence-corrected chi connectivity index (χ3v) is 8.11. The number of benzene rings is 1. The molecule has 1 fully saturated rings. The molecule has 4 rings (SSSR count). The maximum absolute atomic E-state index is 12.8. The molecule has 0 bridgehead atoms. The zero-order valence-electron chi connectivity index (χ0n) is 17.5. The van der Waals surface area contributed by atoms with Crippen LogP contribution in [0.2, 0.25) is 0 Å². The van der Waals surface area contributed by atoms with Crippen LogP contribution in [0.3, 0.4) is 0 Å². The number of carbonyl (C=O) groups excluding carboxylic acids is 1. The summed E-state index contributed by atoms with van der Waals surface area (Å²) in [5, 5.41) is 2.99. The van der Waals surface area contributed by atoms with Gasteiger partial charge in [0.05, 0.1) is 4.90 Å². The fourth-order valence-corrected chi connectivity index (χ4v) is 5.99. The lowest BCUT2D eigenvalue weighted by Crippen LogP contribution is -2.35. The van der Waals surface area contributed by atoms with Gasteiger partial charge in [0, 0.05) is 50.1 Å². The highest BCUT2D eigenvalue weighted by atomic mass is 32.2. The minimum atomic E-state index is -3.43. The number of nitrogens with one attached hydrogen (secondary N) is 1. The molecular weight excluding hydrogens is 398 g/mol. The second-order valence-electron chi connectivity index (χ2n) is 8.30. The molecule has 1 aromatic carbocycles. The third-order valence-electron chi connectivity index (χ3n) is 6.19. The van der Waals surface area contributed by atoms with E-state index in [1.54, 1.807) is 28.6 Å². The Bertz CT molecular complexity index is 1000. The Balaban J connectivity index is 1.40. The average Bonchev–Trinajstić information content (AvgIpc) is 3.11. The number of amides is 1. The molecule has 1 amide bonds. The molecule has 0 spiro atoms. The first kappa shape index (κ1) is 20.9. The molecule has 7 heteroatoms. The zero-order valence-corrected chi connectivity index (χ0v) is 18.4. The highest BCUT2D eigenvalue weighted by molar-refractivity contribution is 7.89. The molecule has 30 heavy (non-hydrogen) atoms. The van der Waals surface area contributed by atoms with Crippen molar-refractivity contribution in [2.45, 2.75) is 37.6 Å². The lowest BCUT2D eigenvalue weighted by molar-refractivity contribution is -0.118. The molecule has 1 aliphatic carbocycles. The number of allylic oxidation sites excluding steroid dienone is 4. The number of piperidine rings is 1. The van der Waals surface area contributed by atoms with Crippen molar-refractivity contribution in [2.75, 3.05) is 20.1 Å². The van der Waals surface area contributed by atoms with Crippen LogP contribution < -0.4 is 5.32 Å². The van der Waals surface area contributed by atoms with Crippen LogP contribution in [0.25, 0.3) is 0 Å². The van der Waals surface area contributed by atoms with Crippen LogP contribution in [-0.2, 0) is 21.4 Å². The van der Waals surface area contributed by atoms with Crippen molar-refractivity contribution < 1.29 is 13.2 Å². The average molecular weight is 428 g/mol. The van der Waals surface area contributed by atoms with Gasteiger partial charge in [-0.05, 0) is 42.5 Å². The van der Waals surface area contributed by atoms with Gasteiger partial charge in [-0.3, -0.25) is 4.79 Å². The van der Waals surface area contributed by atoms with Crippen molar-refractivity contribution in [1.82, 2.24) is 14.5 Å². The topological polar surface area (TPSA) is 69.7 Å². The predicted octanol–water partition coefficient (Wildman–Crippen LogP) is 3.01. The summed E-state index contributed by atoms with van der Waals surface area (Å²) < 4.78 is 27.1. The lowest BCUT2D eigenvalue weighted by Gasteiger charge is -2.26. The second kappa shape index (κ2) is 8.40. The van der Waals surface area contributed by atoms with Gasteiger partial charge in [0.2, 0.25) is 15.9 Å². The minimum absolute atomic E-state index is 0.0806. The summed E-state index contributed by atoms with van der Waals surface area (Å²) in [5.41, 5.74) is 2.78. The number of carbonyl (C=O) groups is 1. The first-order valence-corrected chi connectivity index (χ1v) is 12.0. The Hall–Kier alpha value is -2.38. The van der Waals surface area contributed by atoms with Gasteiger partial charge < -0.3 is 10.2 Å². The number of hydrogen-bond acceptors (Lipinski definition) is 4. The van der Waals surface area contributed by atoms with E-state index >= 15 is 0 Å². The number of hydrogen-bond donors (Lipinski definition) is 1. The van der Waals surface area contributed by atoms with Crippen LogP contribution in [0.5, 0.6) is 0 Å². The molecule has 0 aromatic heterocycles. The van der Waals surface area contributed by atoms with Crippen LogP contribution >= 0.6 is 0 Å². The Kier molecular flexibility index (Phi) is 5.84. The fourth-order valence-electron chi connectivity index (χ4n) is 4.47. The van der Waals surface area contributed by atoms with Gasteiger partial charge in [0.25, 0.3) is 0 Å². The summed E-state index contributed by atoms with van der Waals surface area (Å²) in [6, 6.07) is 6.85. The van der Waals surface area contributed by atoms with E-state index in [1.165, 1.54) is 0 Å². The maximum atomic E-state index is 12.8. The molecule has 0 radical (unpaired) electrons. The largest absolute Gasteiger partial charge is 0.353 e. The van der Waals surface area contributed by atoms with Crippen molar-refractivity contribution in [2.24, 2.45) is 11.8 Å². The molecular formula is C23H29N3O3S. The minimum Gasteiger partial charge on any atom is -0.353 e. The summed E-state index contributed by atoms with van der Waals surface area (Å²) >= 11 is 0. The monoisotopic (exact) mass is 427 g/mol. The van der Waals surface area contributed by atoms with E-state index < -0.39 is 10.0 Å². The van der Waals surface area contributed by atoms with Gasteiger partial charge in [-0.15, -0.1) is 0 Å². The lowest BCUT2D eigenvalue weighted by atomic mass is 9.83. The van der Waals surface area contributed by atoms with E-state index in [9.17, 15) is 13.2 Å². The standard InChI is InChI=1S/C23H29N3O3S/c1-17-7-6-8-21-22(17)20(16-25(21)2)23(27)24-15-18-9-11-19(12-10-18)30(28,29)26-13-4-3-5-14-26/h6-12,16-17,22H,3-5,13-15H2,1-2H3,(H,24,27). The van der Waals surface area contributed by atoms with Crippen LogP contribution in [0.15, 0.2) is 64.9 Å². The molecule has 2 aliphatic heterocycles. The number of sulfonamides is 1. The molecule has 3 aliphatic rings. The Morgan fingerprint density at radius 2 is 1.83 bits per heavy atom. The number of fused-ring (bicyclic) bond motifs is 1. The molecule has 2 heterocycles. The quantitative estimate of drug-likeness (QED) is 0.784. The summed E-state index contributed by atoms with van der Waals surface area (Å²) in [6.45, 7) is 3.67. The number of rotatable bonds is 5. The SMILES string of the molecule is CC1C=CC=C2C1C(C(=O)NCc1ccc(S(=O)(=O)N3CCCCC3)cc1)=CN2C. The van der Waals surface area contributed by atoms with E-state index in [-0.39, 0.29) is 17.7 Å². The summed E-state index contributed by atoms with van der Waals surface area (Å²) in [6.07, 6.45) is 11.1. The molecule has 2 unspecified atom stereocenters. The van der Waals surface area contributed by atoms with Crippen molar-refractivity contribution in [3.05, 3.63) is 65.5 Å². The molecule has 1 aromatic rings. The fraction of sp³-hybridized carbons (Fsp3) is 0.435. The van der Waals surface area contributed by atoms with Crippen molar-refractivity contribution in [3.8, 4) is 0 Å². The van der Waals surface area contributed by atoms with E-state index in [1.807, 2.05) is 24.2 Å². The van der Waals surface area contributed by atoms with Gasteiger partial charge in [-0.1, -0.05) is 37.6 Å². The van der Waals surface area contributed by atoms with Crippen LogP contribution in [0, 0.1) is 11.8 Å². The highest BCUT2D eigenvalue weighted by Crippen LogP contribution is 2.39. The molecule has 6 nitrogen and oxygen atoms in total. The summed E-state index contributed by atoms with van der Waals surface area (Å²) in [5.74, 6) is 0.269. The molecule has 2 atom stereocenters. The van der Waals surface area contributed by atoms with Crippen LogP contribution in [-0.4, -0.2) is 43.7 Å². The van der Waals surface area contributed by atoms with Gasteiger partial charge in [-0.25, -0.2) is 8.42 Å². The van der Waals surface area contributed by atoms with Gasteiger partial charge in [-0.2, -0.15) is 4.31 Å². The molecule has 0 saturated carbocycles. The normalized spacial score (nSPS) is 24.3. The first-order valence-electron chi connectivity index (χ1n) is 10.6. The molecule has 1 saturated heterocycles.